The molecule has 3 aliphatic heterocycles. The van der Waals surface area contributed by atoms with Crippen LogP contribution in [-0.2, 0) is 29.3 Å². The van der Waals surface area contributed by atoms with Gasteiger partial charge in [-0.25, -0.2) is 0 Å². The highest BCUT2D eigenvalue weighted by Gasteiger charge is 2.73. The second-order valence-electron chi connectivity index (χ2n) is 12.2. The maximum Gasteiger partial charge on any atom is 0.325 e. The van der Waals surface area contributed by atoms with Crippen LogP contribution in [0.5, 0.6) is 11.5 Å². The number of ether oxygens (including phenoxy) is 3. The summed E-state index contributed by atoms with van der Waals surface area (Å²) in [7, 11) is 1.47. The number of hydrogen-bond acceptors (Lipinski definition) is 8. The van der Waals surface area contributed by atoms with Gasteiger partial charge in [0.25, 0.3) is 0 Å². The molecule has 1 spiro atoms. The number of nitrogens with one attached hydrogen (secondary N) is 1. The number of benzene rings is 4. The van der Waals surface area contributed by atoms with Crippen molar-refractivity contribution in [1.29, 1.82) is 0 Å². The summed E-state index contributed by atoms with van der Waals surface area (Å²) >= 11 is 2.19. The summed E-state index contributed by atoms with van der Waals surface area (Å²) in [6, 6.07) is 27.0. The molecule has 1 amide bonds. The molecule has 248 valence electrons. The van der Waals surface area contributed by atoms with Gasteiger partial charge in [0.1, 0.15) is 30.1 Å². The number of hydrogen-bond donors (Lipinski definition) is 2. The van der Waals surface area contributed by atoms with Crippen LogP contribution in [0.1, 0.15) is 34.4 Å². The third-order valence-electron chi connectivity index (χ3n) is 9.60. The van der Waals surface area contributed by atoms with Gasteiger partial charge in [0.05, 0.1) is 13.2 Å². The fourth-order valence-corrected chi connectivity index (χ4v) is 8.13. The van der Waals surface area contributed by atoms with Gasteiger partial charge in [-0.15, -0.1) is 0 Å². The van der Waals surface area contributed by atoms with Gasteiger partial charge in [-0.1, -0.05) is 91.5 Å². The van der Waals surface area contributed by atoms with Crippen molar-refractivity contribution in [1.82, 2.24) is 4.90 Å². The zero-order chi connectivity index (χ0) is 34.3. The summed E-state index contributed by atoms with van der Waals surface area (Å²) in [5.74, 6) is -2.79. The molecule has 0 saturated carbocycles. The van der Waals surface area contributed by atoms with Gasteiger partial charge in [0, 0.05) is 15.3 Å². The zero-order valence-corrected chi connectivity index (χ0v) is 28.6. The van der Waals surface area contributed by atoms with Gasteiger partial charge < -0.3 is 24.6 Å². The van der Waals surface area contributed by atoms with Crippen LogP contribution < -0.4 is 10.1 Å². The number of rotatable bonds is 8. The highest BCUT2D eigenvalue weighted by molar-refractivity contribution is 14.1. The number of methoxy groups -OCH3 is 1. The topological polar surface area (TPSA) is 114 Å². The molecule has 0 radical (unpaired) electrons. The summed E-state index contributed by atoms with van der Waals surface area (Å²) in [4.78, 5) is 45.6. The monoisotopic (exact) mass is 768 g/mol. The summed E-state index contributed by atoms with van der Waals surface area (Å²) in [6.45, 7) is 3.60. The highest BCUT2D eigenvalue weighted by Crippen LogP contribution is 2.60. The predicted octanol–water partition coefficient (Wildman–Crippen LogP) is 6.35. The number of carbonyl (C=O) groups excluding carboxylic acids is 3. The number of anilines is 1. The van der Waals surface area contributed by atoms with Crippen LogP contribution >= 0.6 is 22.6 Å². The molecule has 2 fully saturated rings. The van der Waals surface area contributed by atoms with Gasteiger partial charge in [-0.2, -0.15) is 0 Å². The van der Waals surface area contributed by atoms with Crippen molar-refractivity contribution < 1.29 is 33.7 Å². The van der Waals surface area contributed by atoms with Crippen molar-refractivity contribution in [2.45, 2.75) is 29.6 Å². The zero-order valence-electron chi connectivity index (χ0n) is 26.5. The molecule has 6 atom stereocenters. The van der Waals surface area contributed by atoms with Gasteiger partial charge in [0.15, 0.2) is 11.5 Å². The maximum absolute atomic E-state index is 14.8. The quantitative estimate of drug-likeness (QED) is 0.121. The van der Waals surface area contributed by atoms with Crippen LogP contribution in [0.2, 0.25) is 0 Å². The van der Waals surface area contributed by atoms with E-state index >= 15 is 0 Å². The molecule has 3 heterocycles. The largest absolute Gasteiger partial charge is 0.504 e. The van der Waals surface area contributed by atoms with E-state index in [0.717, 1.165) is 14.7 Å². The molecule has 0 aromatic heterocycles. The van der Waals surface area contributed by atoms with Crippen molar-refractivity contribution in [3.05, 3.63) is 142 Å². The first-order valence-corrected chi connectivity index (χ1v) is 16.9. The molecular weight excluding hydrogens is 735 g/mol. The number of cyclic esters (lactones) is 1. The third-order valence-corrected chi connectivity index (χ3v) is 10.3. The molecule has 2 N–H and O–H groups in total. The lowest BCUT2D eigenvalue weighted by Gasteiger charge is -2.45. The molecule has 0 aliphatic carbocycles. The minimum Gasteiger partial charge on any atom is -0.504 e. The molecule has 3 aliphatic rings. The first kappa shape index (κ1) is 32.6. The maximum atomic E-state index is 14.8. The fraction of sp³-hybridized carbons (Fsp3) is 0.205. The minimum atomic E-state index is -1.60. The molecule has 0 unspecified atom stereocenters. The van der Waals surface area contributed by atoms with Crippen molar-refractivity contribution in [3.8, 4) is 11.5 Å². The Balaban J connectivity index is 1.52. The van der Waals surface area contributed by atoms with E-state index in [1.165, 1.54) is 19.3 Å². The van der Waals surface area contributed by atoms with E-state index in [1.54, 1.807) is 12.1 Å². The lowest BCUT2D eigenvalue weighted by atomic mass is 9.67. The average Bonchev–Trinajstić information content (AvgIpc) is 3.58. The van der Waals surface area contributed by atoms with E-state index in [-0.39, 0.29) is 18.1 Å². The van der Waals surface area contributed by atoms with Crippen LogP contribution in [0.25, 0.3) is 6.08 Å². The minimum absolute atomic E-state index is 0.0191. The number of amides is 1. The second kappa shape index (κ2) is 13.2. The molecule has 7 rings (SSSR count). The smallest absolute Gasteiger partial charge is 0.325 e. The molecule has 2 saturated heterocycles. The number of fused-ring (bicyclic) bond motifs is 3. The number of aromatic hydroxyl groups is 1. The van der Waals surface area contributed by atoms with E-state index in [1.807, 2.05) is 95.9 Å². The summed E-state index contributed by atoms with van der Waals surface area (Å²) in [5.41, 5.74) is 1.83. The Labute approximate surface area is 297 Å². The first-order chi connectivity index (χ1) is 23.8. The van der Waals surface area contributed by atoms with Crippen LogP contribution in [0, 0.1) is 9.49 Å². The summed E-state index contributed by atoms with van der Waals surface area (Å²) in [6.07, 6.45) is 4.37. The van der Waals surface area contributed by atoms with Gasteiger partial charge in [-0.3, -0.25) is 19.3 Å². The van der Waals surface area contributed by atoms with Gasteiger partial charge >= 0.3 is 11.9 Å². The number of halogens is 1. The standard InChI is InChI=1S/C39H33IN2O7/c1-3-20-48-36(44)32-34-37(45)49-35(25-12-8-5-9-13-25)33(24-10-6-4-7-11-24)42(34)31(19-15-23-14-18-29(43)30(21-23)47-2)39(32)27-22-26(40)16-17-28(27)41-38(39)46/h3-19,21-22,31-35,43H,1,20H2,2H3,(H,41,46)/b19-15+/t31-,32+,33+,34+,35-,39-/m1/s1. The second-order valence-corrected chi connectivity index (χ2v) is 13.4. The molecule has 4 aromatic carbocycles. The van der Waals surface area contributed by atoms with Crippen LogP contribution in [0.3, 0.4) is 0 Å². The van der Waals surface area contributed by atoms with Crippen LogP contribution in [-0.4, -0.2) is 53.7 Å². The van der Waals surface area contributed by atoms with E-state index in [0.29, 0.717) is 16.8 Å². The van der Waals surface area contributed by atoms with E-state index in [2.05, 4.69) is 34.5 Å². The van der Waals surface area contributed by atoms with E-state index in [9.17, 15) is 19.5 Å². The summed E-state index contributed by atoms with van der Waals surface area (Å²) in [5, 5.41) is 13.3. The molecule has 0 bridgehead atoms. The third kappa shape index (κ3) is 5.39. The molecule has 10 heteroatoms. The molecule has 4 aromatic rings. The van der Waals surface area contributed by atoms with Gasteiger partial charge in [0.2, 0.25) is 5.91 Å². The highest BCUT2D eigenvalue weighted by atomic mass is 127. The lowest BCUT2D eigenvalue weighted by molar-refractivity contribution is -0.179. The van der Waals surface area contributed by atoms with Crippen molar-refractivity contribution >= 4 is 52.2 Å². The van der Waals surface area contributed by atoms with Crippen LogP contribution in [0.15, 0.2) is 116 Å². The Hall–Kier alpha value is -4.94. The number of nitrogens with zero attached hydrogens (tertiary/aromatic N) is 1. The number of phenols is 1. The summed E-state index contributed by atoms with van der Waals surface area (Å²) < 4.78 is 18.3. The van der Waals surface area contributed by atoms with Crippen LogP contribution in [0.4, 0.5) is 5.69 Å². The Morgan fingerprint density at radius 1 is 1.00 bits per heavy atom. The SMILES string of the molecule is C=CCOC(=O)[C@@H]1[C@H]2C(=O)O[C@H](c3ccccc3)[C@H](c3ccccc3)N2[C@H](/C=C/c2ccc(O)c(OC)c2)[C@@]12C(=O)Nc1ccc(I)cc12. The van der Waals surface area contributed by atoms with E-state index in [4.69, 9.17) is 14.2 Å². The normalized spacial score (nSPS) is 25.8. The first-order valence-electron chi connectivity index (χ1n) is 15.8. The fourth-order valence-electron chi connectivity index (χ4n) is 7.64. The number of carbonyl (C=O) groups is 3. The Kier molecular flexibility index (Phi) is 8.76. The van der Waals surface area contributed by atoms with Crippen molar-refractivity contribution in [2.75, 3.05) is 19.0 Å². The lowest BCUT2D eigenvalue weighted by Crippen LogP contribution is -2.53. The van der Waals surface area contributed by atoms with Crippen molar-refractivity contribution in [3.63, 3.8) is 0 Å². The number of morpholine rings is 1. The Bertz CT molecular complexity index is 1970. The van der Waals surface area contributed by atoms with Gasteiger partial charge in [-0.05, 0) is 75.2 Å². The average molecular weight is 769 g/mol. The Morgan fingerprint density at radius 3 is 2.41 bits per heavy atom. The Morgan fingerprint density at radius 2 is 1.71 bits per heavy atom. The number of esters is 2. The molecule has 49 heavy (non-hydrogen) atoms. The predicted molar refractivity (Wildman–Crippen MR) is 192 cm³/mol. The van der Waals surface area contributed by atoms with E-state index < -0.39 is 53.4 Å². The van der Waals surface area contributed by atoms with Crippen molar-refractivity contribution in [2.24, 2.45) is 5.92 Å². The molecular formula is C39H33IN2O7. The number of phenolic OH excluding ortho intramolecular Hbond substituents is 1. The molecule has 9 nitrogen and oxygen atoms in total.